The van der Waals surface area contributed by atoms with E-state index in [0.717, 1.165) is 25.9 Å². The second kappa shape index (κ2) is 25.7. The molecule has 3 nitrogen and oxygen atoms in total. The lowest BCUT2D eigenvalue weighted by Crippen LogP contribution is -2.31. The zero-order valence-electron chi connectivity index (χ0n) is 21.5. The van der Waals surface area contributed by atoms with Crippen molar-refractivity contribution in [1.82, 2.24) is 4.90 Å². The molecule has 0 aromatic carbocycles. The van der Waals surface area contributed by atoms with Crippen LogP contribution in [0.1, 0.15) is 155 Å². The molecule has 0 aliphatic carbocycles. The van der Waals surface area contributed by atoms with Gasteiger partial charge in [0.15, 0.2) is 0 Å². The Kier molecular flexibility index (Phi) is 25.2. The van der Waals surface area contributed by atoms with Crippen molar-refractivity contribution in [3.63, 3.8) is 0 Å². The summed E-state index contributed by atoms with van der Waals surface area (Å²) < 4.78 is 0. The minimum Gasteiger partial charge on any atom is -0.480 e. The predicted molar refractivity (Wildman–Crippen MR) is 137 cm³/mol. The topological polar surface area (TPSA) is 40.5 Å². The molecule has 186 valence electrons. The minimum atomic E-state index is -0.675. The standard InChI is InChI=1S/C28H57NO2/c1-3-5-7-9-11-13-15-17-19-21-23-25-29(27-28(30)31)26-24-22-20-18-16-14-12-10-8-6-4-2/h3-27H2,1-2H3,(H,30,31). The van der Waals surface area contributed by atoms with Gasteiger partial charge in [-0.25, -0.2) is 0 Å². The van der Waals surface area contributed by atoms with Crippen LogP contribution in [-0.2, 0) is 4.79 Å². The number of aliphatic carboxylic acids is 1. The number of nitrogens with zero attached hydrogens (tertiary/aromatic N) is 1. The molecule has 1 N–H and O–H groups in total. The summed E-state index contributed by atoms with van der Waals surface area (Å²) in [5, 5.41) is 9.20. The van der Waals surface area contributed by atoms with Crippen LogP contribution in [0.4, 0.5) is 0 Å². The molecule has 0 aliphatic rings. The van der Waals surface area contributed by atoms with E-state index >= 15 is 0 Å². The largest absolute Gasteiger partial charge is 0.480 e. The molecular formula is C28H57NO2. The molecule has 0 heterocycles. The number of unbranched alkanes of at least 4 members (excludes halogenated alkanes) is 20. The first-order chi connectivity index (χ1) is 15.2. The molecular weight excluding hydrogens is 382 g/mol. The van der Waals surface area contributed by atoms with Crippen LogP contribution in [0.3, 0.4) is 0 Å². The van der Waals surface area contributed by atoms with E-state index in [9.17, 15) is 9.90 Å². The van der Waals surface area contributed by atoms with Crippen molar-refractivity contribution in [2.24, 2.45) is 0 Å². The fourth-order valence-electron chi connectivity index (χ4n) is 4.46. The lowest BCUT2D eigenvalue weighted by atomic mass is 10.1. The van der Waals surface area contributed by atoms with Crippen LogP contribution >= 0.6 is 0 Å². The van der Waals surface area contributed by atoms with Gasteiger partial charge in [-0.2, -0.15) is 0 Å². The minimum absolute atomic E-state index is 0.218. The van der Waals surface area contributed by atoms with Gasteiger partial charge >= 0.3 is 5.97 Å². The normalized spacial score (nSPS) is 11.5. The fourth-order valence-corrected chi connectivity index (χ4v) is 4.46. The second-order valence-corrected chi connectivity index (χ2v) is 9.74. The zero-order chi connectivity index (χ0) is 22.8. The Morgan fingerprint density at radius 3 is 1.00 bits per heavy atom. The molecule has 0 atom stereocenters. The number of hydrogen-bond donors (Lipinski definition) is 1. The summed E-state index contributed by atoms with van der Waals surface area (Å²) in [6, 6.07) is 0. The number of carbonyl (C=O) groups is 1. The van der Waals surface area contributed by atoms with Gasteiger partial charge in [0.1, 0.15) is 0 Å². The van der Waals surface area contributed by atoms with E-state index in [0.29, 0.717) is 0 Å². The molecule has 0 saturated heterocycles. The van der Waals surface area contributed by atoms with Gasteiger partial charge in [0.05, 0.1) is 6.54 Å². The fraction of sp³-hybridized carbons (Fsp3) is 0.964. The Labute approximate surface area is 195 Å². The van der Waals surface area contributed by atoms with Crippen LogP contribution < -0.4 is 0 Å². The molecule has 0 saturated carbocycles. The van der Waals surface area contributed by atoms with Gasteiger partial charge in [0, 0.05) is 0 Å². The summed E-state index contributed by atoms with van der Waals surface area (Å²) in [5.41, 5.74) is 0. The van der Waals surface area contributed by atoms with E-state index in [1.54, 1.807) is 0 Å². The number of hydrogen-bond acceptors (Lipinski definition) is 2. The molecule has 3 heteroatoms. The average Bonchev–Trinajstić information content (AvgIpc) is 2.75. The Balaban J connectivity index is 3.54. The van der Waals surface area contributed by atoms with E-state index in [2.05, 4.69) is 18.7 Å². The third-order valence-electron chi connectivity index (χ3n) is 6.51. The predicted octanol–water partition coefficient (Wildman–Crippen LogP) is 9.00. The van der Waals surface area contributed by atoms with Gasteiger partial charge in [-0.15, -0.1) is 0 Å². The SMILES string of the molecule is CCCCCCCCCCCCCN(CCCCCCCCCCCCC)CC(=O)O. The highest BCUT2D eigenvalue weighted by atomic mass is 16.4. The molecule has 0 radical (unpaired) electrons. The van der Waals surface area contributed by atoms with Crippen LogP contribution in [0.15, 0.2) is 0 Å². The van der Waals surface area contributed by atoms with Crippen LogP contribution in [0.2, 0.25) is 0 Å². The van der Waals surface area contributed by atoms with E-state index in [-0.39, 0.29) is 6.54 Å². The lowest BCUT2D eigenvalue weighted by Gasteiger charge is -2.20. The maximum absolute atomic E-state index is 11.2. The first-order valence-corrected chi connectivity index (χ1v) is 14.1. The Morgan fingerprint density at radius 2 is 0.742 bits per heavy atom. The highest BCUT2D eigenvalue weighted by Crippen LogP contribution is 2.13. The van der Waals surface area contributed by atoms with Crippen molar-refractivity contribution in [1.29, 1.82) is 0 Å². The molecule has 0 rings (SSSR count). The van der Waals surface area contributed by atoms with Crippen LogP contribution in [-0.4, -0.2) is 35.6 Å². The molecule has 31 heavy (non-hydrogen) atoms. The average molecular weight is 440 g/mol. The summed E-state index contributed by atoms with van der Waals surface area (Å²) in [7, 11) is 0. The number of carboxylic acids is 1. The van der Waals surface area contributed by atoms with Crippen molar-refractivity contribution in [3.8, 4) is 0 Å². The van der Waals surface area contributed by atoms with Crippen LogP contribution in [0, 0.1) is 0 Å². The molecule has 0 aliphatic heterocycles. The van der Waals surface area contributed by atoms with Gasteiger partial charge < -0.3 is 5.11 Å². The monoisotopic (exact) mass is 439 g/mol. The zero-order valence-corrected chi connectivity index (χ0v) is 21.5. The Hall–Kier alpha value is -0.570. The van der Waals surface area contributed by atoms with Gasteiger partial charge in [0.25, 0.3) is 0 Å². The van der Waals surface area contributed by atoms with E-state index in [4.69, 9.17) is 0 Å². The third kappa shape index (κ3) is 25.6. The molecule has 0 spiro atoms. The van der Waals surface area contributed by atoms with E-state index in [1.807, 2.05) is 0 Å². The van der Waals surface area contributed by atoms with E-state index in [1.165, 1.54) is 128 Å². The van der Waals surface area contributed by atoms with E-state index < -0.39 is 5.97 Å². The summed E-state index contributed by atoms with van der Waals surface area (Å²) in [6.07, 6.45) is 29.6. The lowest BCUT2D eigenvalue weighted by molar-refractivity contribution is -0.138. The summed E-state index contributed by atoms with van der Waals surface area (Å²) >= 11 is 0. The van der Waals surface area contributed by atoms with Crippen molar-refractivity contribution in [2.75, 3.05) is 19.6 Å². The quantitative estimate of drug-likeness (QED) is 0.137. The first-order valence-electron chi connectivity index (χ1n) is 14.1. The van der Waals surface area contributed by atoms with Gasteiger partial charge in [-0.05, 0) is 25.9 Å². The third-order valence-corrected chi connectivity index (χ3v) is 6.51. The molecule has 0 unspecified atom stereocenters. The maximum Gasteiger partial charge on any atom is 0.317 e. The summed E-state index contributed by atoms with van der Waals surface area (Å²) in [6.45, 7) is 6.68. The number of carboxylic acid groups (broad SMARTS) is 1. The summed E-state index contributed by atoms with van der Waals surface area (Å²) in [4.78, 5) is 13.3. The number of rotatable bonds is 26. The van der Waals surface area contributed by atoms with Gasteiger partial charge in [0.2, 0.25) is 0 Å². The molecule has 0 aromatic rings. The second-order valence-electron chi connectivity index (χ2n) is 9.74. The Morgan fingerprint density at radius 1 is 0.484 bits per heavy atom. The van der Waals surface area contributed by atoms with Crippen LogP contribution in [0.5, 0.6) is 0 Å². The van der Waals surface area contributed by atoms with Gasteiger partial charge in [-0.1, -0.05) is 142 Å². The first kappa shape index (κ1) is 30.4. The van der Waals surface area contributed by atoms with Crippen molar-refractivity contribution < 1.29 is 9.90 Å². The Bertz CT molecular complexity index is 333. The highest BCUT2D eigenvalue weighted by molar-refractivity contribution is 5.69. The van der Waals surface area contributed by atoms with Crippen LogP contribution in [0.25, 0.3) is 0 Å². The summed E-state index contributed by atoms with van der Waals surface area (Å²) in [5.74, 6) is -0.675. The van der Waals surface area contributed by atoms with Crippen molar-refractivity contribution in [3.05, 3.63) is 0 Å². The molecule has 0 fully saturated rings. The molecule has 0 bridgehead atoms. The molecule has 0 aromatic heterocycles. The highest BCUT2D eigenvalue weighted by Gasteiger charge is 2.09. The van der Waals surface area contributed by atoms with Gasteiger partial charge in [-0.3, -0.25) is 9.69 Å². The van der Waals surface area contributed by atoms with Crippen molar-refractivity contribution >= 4 is 5.97 Å². The maximum atomic E-state index is 11.2. The molecule has 0 amide bonds. The van der Waals surface area contributed by atoms with Crippen molar-refractivity contribution in [2.45, 2.75) is 155 Å². The smallest absolute Gasteiger partial charge is 0.317 e.